The molecular formula is C16H24N4O2. The van der Waals surface area contributed by atoms with Crippen molar-refractivity contribution < 1.29 is 9.53 Å². The molecule has 22 heavy (non-hydrogen) atoms. The molecule has 0 spiro atoms. The maximum atomic E-state index is 11.8. The van der Waals surface area contributed by atoms with Gasteiger partial charge in [0.2, 0.25) is 0 Å². The highest BCUT2D eigenvalue weighted by molar-refractivity contribution is 5.74. The number of alkyl carbamates (subject to hydrolysis) is 1. The van der Waals surface area contributed by atoms with Crippen LogP contribution in [0.15, 0.2) is 24.3 Å². The van der Waals surface area contributed by atoms with Gasteiger partial charge in [-0.25, -0.2) is 9.78 Å². The molecule has 6 heteroatoms. The Bertz CT molecular complexity index is 597. The van der Waals surface area contributed by atoms with Crippen LogP contribution in [0.2, 0.25) is 0 Å². The number of hydrogen-bond acceptors (Lipinski definition) is 4. The largest absolute Gasteiger partial charge is 0.444 e. The van der Waals surface area contributed by atoms with Crippen molar-refractivity contribution in [1.29, 1.82) is 0 Å². The number of nitrogens with two attached hydrogens (primary N) is 1. The first-order valence-corrected chi connectivity index (χ1v) is 7.50. The second-order valence-electron chi connectivity index (χ2n) is 6.32. The quantitative estimate of drug-likeness (QED) is 0.790. The number of aryl methyl sites for hydroxylation is 1. The predicted octanol–water partition coefficient (Wildman–Crippen LogP) is 2.35. The molecule has 0 saturated carbocycles. The number of hydrogen-bond donors (Lipinski definition) is 3. The number of fused-ring (bicyclic) bond motifs is 1. The van der Waals surface area contributed by atoms with Gasteiger partial charge in [0, 0.05) is 19.0 Å². The van der Waals surface area contributed by atoms with Crippen LogP contribution in [-0.2, 0) is 11.2 Å². The first-order valence-electron chi connectivity index (χ1n) is 7.50. The summed E-state index contributed by atoms with van der Waals surface area (Å²) in [4.78, 5) is 19.6. The molecule has 1 heterocycles. The summed E-state index contributed by atoms with van der Waals surface area (Å²) in [6.07, 6.45) is 0.981. The topological polar surface area (TPSA) is 93.0 Å². The van der Waals surface area contributed by atoms with Gasteiger partial charge in [0.15, 0.2) is 0 Å². The molecule has 1 atom stereocenters. The van der Waals surface area contributed by atoms with E-state index >= 15 is 0 Å². The molecule has 1 amide bonds. The van der Waals surface area contributed by atoms with Crippen molar-refractivity contribution in [3.63, 3.8) is 0 Å². The van der Waals surface area contributed by atoms with Crippen molar-refractivity contribution in [2.75, 3.05) is 6.54 Å². The van der Waals surface area contributed by atoms with Gasteiger partial charge in [-0.3, -0.25) is 0 Å². The van der Waals surface area contributed by atoms with Crippen molar-refractivity contribution in [2.24, 2.45) is 5.73 Å². The smallest absolute Gasteiger partial charge is 0.407 e. The molecule has 120 valence electrons. The van der Waals surface area contributed by atoms with Crippen LogP contribution in [0, 0.1) is 0 Å². The van der Waals surface area contributed by atoms with E-state index in [9.17, 15) is 4.79 Å². The molecule has 6 nitrogen and oxygen atoms in total. The Morgan fingerprint density at radius 2 is 2.14 bits per heavy atom. The number of amides is 1. The van der Waals surface area contributed by atoms with Gasteiger partial charge in [0.25, 0.3) is 0 Å². The van der Waals surface area contributed by atoms with E-state index in [1.807, 2.05) is 45.0 Å². The summed E-state index contributed by atoms with van der Waals surface area (Å²) in [5.74, 6) is 0.894. The van der Waals surface area contributed by atoms with E-state index in [1.54, 1.807) is 0 Å². The number of ether oxygens (including phenoxy) is 1. The fourth-order valence-electron chi connectivity index (χ4n) is 2.16. The van der Waals surface area contributed by atoms with Crippen molar-refractivity contribution in [1.82, 2.24) is 15.3 Å². The molecule has 1 unspecified atom stereocenters. The third-order valence-electron chi connectivity index (χ3n) is 3.17. The molecule has 1 aromatic carbocycles. The lowest BCUT2D eigenvalue weighted by atomic mass is 10.1. The normalized spacial score (nSPS) is 13.1. The summed E-state index contributed by atoms with van der Waals surface area (Å²) in [5.41, 5.74) is 7.17. The predicted molar refractivity (Wildman–Crippen MR) is 86.6 cm³/mol. The molecule has 0 aliphatic rings. The van der Waals surface area contributed by atoms with Crippen molar-refractivity contribution >= 4 is 17.1 Å². The van der Waals surface area contributed by atoms with E-state index in [0.717, 1.165) is 16.9 Å². The van der Waals surface area contributed by atoms with E-state index in [-0.39, 0.29) is 6.04 Å². The summed E-state index contributed by atoms with van der Waals surface area (Å²) in [5, 5.41) is 2.80. The van der Waals surface area contributed by atoms with Crippen LogP contribution in [0.4, 0.5) is 4.79 Å². The van der Waals surface area contributed by atoms with Crippen molar-refractivity contribution in [3.05, 3.63) is 30.1 Å². The number of aromatic nitrogens is 2. The van der Waals surface area contributed by atoms with Crippen LogP contribution in [-0.4, -0.2) is 34.2 Å². The number of imidazole rings is 1. The van der Waals surface area contributed by atoms with Gasteiger partial charge < -0.3 is 20.8 Å². The summed E-state index contributed by atoms with van der Waals surface area (Å²) < 4.78 is 5.24. The lowest BCUT2D eigenvalue weighted by Crippen LogP contribution is -2.43. The zero-order valence-corrected chi connectivity index (χ0v) is 13.3. The first-order chi connectivity index (χ1) is 10.4. The number of para-hydroxylation sites is 2. The Morgan fingerprint density at radius 3 is 2.77 bits per heavy atom. The molecule has 0 aliphatic carbocycles. The van der Waals surface area contributed by atoms with Gasteiger partial charge in [-0.1, -0.05) is 12.1 Å². The molecule has 2 rings (SSSR count). The Labute approximate surface area is 130 Å². The molecule has 0 saturated heterocycles. The average Bonchev–Trinajstić information content (AvgIpc) is 2.84. The van der Waals surface area contributed by atoms with Crippen molar-refractivity contribution in [3.8, 4) is 0 Å². The lowest BCUT2D eigenvalue weighted by molar-refractivity contribution is 0.0503. The van der Waals surface area contributed by atoms with E-state index in [4.69, 9.17) is 10.5 Å². The fraction of sp³-hybridized carbons (Fsp3) is 0.500. The summed E-state index contributed by atoms with van der Waals surface area (Å²) in [6.45, 7) is 5.86. The van der Waals surface area contributed by atoms with Gasteiger partial charge in [0.05, 0.1) is 11.0 Å². The number of H-pyrrole nitrogens is 1. The minimum Gasteiger partial charge on any atom is -0.444 e. The fourth-order valence-corrected chi connectivity index (χ4v) is 2.16. The van der Waals surface area contributed by atoms with Crippen LogP contribution in [0.1, 0.15) is 33.0 Å². The number of benzene rings is 1. The minimum atomic E-state index is -0.512. The van der Waals surface area contributed by atoms with Crippen LogP contribution in [0.3, 0.4) is 0 Å². The number of aromatic amines is 1. The maximum Gasteiger partial charge on any atom is 0.407 e. The highest BCUT2D eigenvalue weighted by Gasteiger charge is 2.19. The molecular weight excluding hydrogens is 280 g/mol. The maximum absolute atomic E-state index is 11.8. The van der Waals surface area contributed by atoms with Crippen LogP contribution in [0.5, 0.6) is 0 Å². The molecule has 2 aromatic rings. The molecule has 1 aromatic heterocycles. The second-order valence-corrected chi connectivity index (χ2v) is 6.32. The first kappa shape index (κ1) is 16.3. The molecule has 0 radical (unpaired) electrons. The third-order valence-corrected chi connectivity index (χ3v) is 3.17. The number of nitrogens with one attached hydrogen (secondary N) is 2. The molecule has 0 aliphatic heterocycles. The van der Waals surface area contributed by atoms with E-state index < -0.39 is 11.7 Å². The Kier molecular flexibility index (Phi) is 5.03. The number of carbonyl (C=O) groups excluding carboxylic acids is 1. The highest BCUT2D eigenvalue weighted by Crippen LogP contribution is 2.12. The van der Waals surface area contributed by atoms with Crippen LogP contribution < -0.4 is 11.1 Å². The number of carbonyl (C=O) groups is 1. The van der Waals surface area contributed by atoms with Crippen LogP contribution >= 0.6 is 0 Å². The summed E-state index contributed by atoms with van der Waals surface area (Å²) in [7, 11) is 0. The zero-order valence-electron chi connectivity index (χ0n) is 13.3. The third kappa shape index (κ3) is 4.73. The standard InChI is InChI=1S/C16H24N4O2/c1-16(2,3)22-15(21)18-11(10-17)8-9-14-19-12-6-4-5-7-13(12)20-14/h4-7,11H,8-10,17H2,1-3H3,(H,18,21)(H,19,20). The average molecular weight is 304 g/mol. The van der Waals surface area contributed by atoms with Gasteiger partial charge in [0.1, 0.15) is 11.4 Å². The minimum absolute atomic E-state index is 0.136. The van der Waals surface area contributed by atoms with Gasteiger partial charge >= 0.3 is 6.09 Å². The van der Waals surface area contributed by atoms with E-state index in [0.29, 0.717) is 19.4 Å². The molecule has 0 fully saturated rings. The number of nitrogens with zero attached hydrogens (tertiary/aromatic N) is 1. The Morgan fingerprint density at radius 1 is 1.41 bits per heavy atom. The summed E-state index contributed by atoms with van der Waals surface area (Å²) in [6, 6.07) is 7.75. The SMILES string of the molecule is CC(C)(C)OC(=O)NC(CN)CCc1nc2ccccc2[nH]1. The number of rotatable bonds is 5. The molecule has 0 bridgehead atoms. The Balaban J connectivity index is 1.89. The van der Waals surface area contributed by atoms with Gasteiger partial charge in [-0.05, 0) is 39.3 Å². The van der Waals surface area contributed by atoms with Crippen molar-refractivity contribution in [2.45, 2.75) is 45.3 Å². The zero-order chi connectivity index (χ0) is 16.2. The van der Waals surface area contributed by atoms with E-state index in [1.165, 1.54) is 0 Å². The summed E-state index contributed by atoms with van der Waals surface area (Å²) >= 11 is 0. The lowest BCUT2D eigenvalue weighted by Gasteiger charge is -2.22. The molecule has 4 N–H and O–H groups in total. The van der Waals surface area contributed by atoms with Gasteiger partial charge in [-0.15, -0.1) is 0 Å². The Hall–Kier alpha value is -2.08. The second kappa shape index (κ2) is 6.79. The monoisotopic (exact) mass is 304 g/mol. The van der Waals surface area contributed by atoms with E-state index in [2.05, 4.69) is 15.3 Å². The van der Waals surface area contributed by atoms with Gasteiger partial charge in [-0.2, -0.15) is 0 Å². The van der Waals surface area contributed by atoms with Crippen LogP contribution in [0.25, 0.3) is 11.0 Å². The highest BCUT2D eigenvalue weighted by atomic mass is 16.6.